The largest absolute Gasteiger partial charge is 0.489 e. The van der Waals surface area contributed by atoms with Crippen LogP contribution in [-0.2, 0) is 13.0 Å². The third-order valence-corrected chi connectivity index (χ3v) is 7.71. The summed E-state index contributed by atoms with van der Waals surface area (Å²) in [4.78, 5) is 13.1. The fraction of sp³-hybridized carbons (Fsp3) is 0.167. The lowest BCUT2D eigenvalue weighted by Gasteiger charge is -2.27. The standard InChI is InChI=1S/C36H30N2O5/c1-4-23-12-15-31-29(16-23)22(3)34(42-31)36(39)41-27-13-14-28-32(18-27)43-35(38)30(19-37)33(28)25-6-5-7-26(17-25)40-20-24-10-8-21(2)9-11-24/h5-18,33H,4,20,38H2,1-3H3. The summed E-state index contributed by atoms with van der Waals surface area (Å²) < 4.78 is 23.5. The average molecular weight is 571 g/mol. The number of ether oxygens (including phenoxy) is 3. The highest BCUT2D eigenvalue weighted by Gasteiger charge is 2.31. The molecular formula is C36H30N2O5. The molecule has 0 aliphatic carbocycles. The first kappa shape index (κ1) is 27.7. The van der Waals surface area contributed by atoms with Crippen molar-refractivity contribution < 1.29 is 23.4 Å². The maximum atomic E-state index is 13.1. The third-order valence-electron chi connectivity index (χ3n) is 7.71. The Labute approximate surface area is 249 Å². The van der Waals surface area contributed by atoms with E-state index < -0.39 is 11.9 Å². The zero-order chi connectivity index (χ0) is 30.1. The summed E-state index contributed by atoms with van der Waals surface area (Å²) in [5.74, 6) is 0.361. The van der Waals surface area contributed by atoms with Gasteiger partial charge in [0.05, 0.1) is 5.92 Å². The normalized spacial score (nSPS) is 14.1. The zero-order valence-electron chi connectivity index (χ0n) is 24.1. The summed E-state index contributed by atoms with van der Waals surface area (Å²) in [5.41, 5.74) is 12.8. The van der Waals surface area contributed by atoms with Crippen molar-refractivity contribution in [3.8, 4) is 23.3 Å². The van der Waals surface area contributed by atoms with Gasteiger partial charge in [-0.05, 0) is 67.3 Å². The molecule has 1 atom stereocenters. The minimum absolute atomic E-state index is 0.00527. The van der Waals surface area contributed by atoms with Crippen molar-refractivity contribution in [1.82, 2.24) is 0 Å². The molecule has 1 aliphatic rings. The van der Waals surface area contributed by atoms with Crippen molar-refractivity contribution in [2.45, 2.75) is 39.7 Å². The van der Waals surface area contributed by atoms with Crippen LogP contribution in [-0.4, -0.2) is 5.97 Å². The first-order chi connectivity index (χ1) is 20.8. The Balaban J connectivity index is 1.27. The van der Waals surface area contributed by atoms with Gasteiger partial charge < -0.3 is 24.4 Å². The Bertz CT molecular complexity index is 1930. The van der Waals surface area contributed by atoms with Gasteiger partial charge in [-0.2, -0.15) is 5.26 Å². The number of fused-ring (bicyclic) bond motifs is 2. The van der Waals surface area contributed by atoms with E-state index in [0.29, 0.717) is 29.3 Å². The van der Waals surface area contributed by atoms with Crippen molar-refractivity contribution in [1.29, 1.82) is 5.26 Å². The van der Waals surface area contributed by atoms with Crippen LogP contribution in [0, 0.1) is 25.2 Å². The molecule has 43 heavy (non-hydrogen) atoms. The molecular weight excluding hydrogens is 540 g/mol. The number of benzene rings is 4. The summed E-state index contributed by atoms with van der Waals surface area (Å²) in [5, 5.41) is 10.9. The van der Waals surface area contributed by atoms with Crippen molar-refractivity contribution in [3.05, 3.63) is 136 Å². The fourth-order valence-electron chi connectivity index (χ4n) is 5.31. The third kappa shape index (κ3) is 5.43. The van der Waals surface area contributed by atoms with Crippen LogP contribution in [0.25, 0.3) is 11.0 Å². The Hall–Kier alpha value is -5.48. The van der Waals surface area contributed by atoms with Gasteiger partial charge in [0, 0.05) is 22.6 Å². The number of hydrogen-bond acceptors (Lipinski definition) is 7. The molecule has 1 aromatic heterocycles. The summed E-state index contributed by atoms with van der Waals surface area (Å²) in [7, 11) is 0. The first-order valence-corrected chi connectivity index (χ1v) is 14.1. The van der Waals surface area contributed by atoms with Gasteiger partial charge in [0.25, 0.3) is 0 Å². The number of rotatable bonds is 7. The van der Waals surface area contributed by atoms with Crippen LogP contribution in [0.3, 0.4) is 0 Å². The number of carbonyl (C=O) groups is 1. The van der Waals surface area contributed by atoms with Crippen molar-refractivity contribution >= 4 is 16.9 Å². The van der Waals surface area contributed by atoms with E-state index in [4.69, 9.17) is 24.4 Å². The number of nitriles is 1. The molecule has 0 saturated heterocycles. The summed E-state index contributed by atoms with van der Waals surface area (Å²) >= 11 is 0. The molecule has 0 spiro atoms. The summed E-state index contributed by atoms with van der Waals surface area (Å²) in [6.45, 7) is 6.38. The van der Waals surface area contributed by atoms with E-state index in [9.17, 15) is 10.1 Å². The van der Waals surface area contributed by atoms with Gasteiger partial charge >= 0.3 is 5.97 Å². The Kier molecular flexibility index (Phi) is 7.35. The summed E-state index contributed by atoms with van der Waals surface area (Å²) in [6, 6.07) is 28.9. The van der Waals surface area contributed by atoms with Gasteiger partial charge in [0.1, 0.15) is 41.1 Å². The summed E-state index contributed by atoms with van der Waals surface area (Å²) in [6.07, 6.45) is 0.881. The van der Waals surface area contributed by atoms with E-state index in [2.05, 4.69) is 13.0 Å². The average Bonchev–Trinajstić information content (AvgIpc) is 3.35. The van der Waals surface area contributed by atoms with Crippen molar-refractivity contribution in [2.24, 2.45) is 5.73 Å². The topological polar surface area (TPSA) is 108 Å². The number of allylic oxidation sites excluding steroid dienone is 1. The van der Waals surface area contributed by atoms with Crippen LogP contribution in [0.15, 0.2) is 101 Å². The van der Waals surface area contributed by atoms with Gasteiger partial charge in [-0.1, -0.05) is 61.0 Å². The Morgan fingerprint density at radius 1 is 0.953 bits per heavy atom. The molecule has 7 heteroatoms. The molecule has 0 amide bonds. The second-order valence-electron chi connectivity index (χ2n) is 10.6. The van der Waals surface area contributed by atoms with E-state index in [1.807, 2.05) is 80.6 Å². The molecule has 0 saturated carbocycles. The van der Waals surface area contributed by atoms with E-state index in [1.165, 1.54) is 5.56 Å². The number of nitrogens with two attached hydrogens (primary N) is 1. The van der Waals surface area contributed by atoms with E-state index in [1.54, 1.807) is 18.2 Å². The predicted molar refractivity (Wildman–Crippen MR) is 163 cm³/mol. The van der Waals surface area contributed by atoms with Gasteiger partial charge in [-0.15, -0.1) is 0 Å². The van der Waals surface area contributed by atoms with Crippen LogP contribution in [0.5, 0.6) is 17.2 Å². The SMILES string of the molecule is CCc1ccc2oc(C(=O)Oc3ccc4c(c3)OC(N)=C(C#N)C4c3cccc(OCc4ccc(C)cc4)c3)c(C)c2c1. The minimum atomic E-state index is -0.612. The molecule has 0 bridgehead atoms. The monoisotopic (exact) mass is 570 g/mol. The van der Waals surface area contributed by atoms with Crippen molar-refractivity contribution in [2.75, 3.05) is 0 Å². The van der Waals surface area contributed by atoms with Gasteiger partial charge in [-0.25, -0.2) is 4.79 Å². The molecule has 2 heterocycles. The molecule has 5 aromatic rings. The Morgan fingerprint density at radius 2 is 1.74 bits per heavy atom. The highest BCUT2D eigenvalue weighted by atomic mass is 16.5. The maximum absolute atomic E-state index is 13.1. The van der Waals surface area contributed by atoms with Crippen LogP contribution in [0.2, 0.25) is 0 Å². The predicted octanol–water partition coefficient (Wildman–Crippen LogP) is 7.63. The van der Waals surface area contributed by atoms with Crippen LogP contribution >= 0.6 is 0 Å². The second kappa shape index (κ2) is 11.4. The smallest absolute Gasteiger partial charge is 0.379 e. The molecule has 6 rings (SSSR count). The van der Waals surface area contributed by atoms with E-state index in [0.717, 1.165) is 34.1 Å². The quantitative estimate of drug-likeness (QED) is 0.158. The number of esters is 1. The van der Waals surface area contributed by atoms with Crippen LogP contribution in [0.4, 0.5) is 0 Å². The zero-order valence-corrected chi connectivity index (χ0v) is 24.1. The van der Waals surface area contributed by atoms with Gasteiger partial charge in [-0.3, -0.25) is 0 Å². The molecule has 2 N–H and O–H groups in total. The molecule has 1 aliphatic heterocycles. The number of carbonyl (C=O) groups excluding carboxylic acids is 1. The van der Waals surface area contributed by atoms with E-state index >= 15 is 0 Å². The molecule has 4 aromatic carbocycles. The minimum Gasteiger partial charge on any atom is -0.489 e. The number of furan rings is 1. The van der Waals surface area contributed by atoms with E-state index in [-0.39, 0.29) is 23.0 Å². The molecule has 7 nitrogen and oxygen atoms in total. The van der Waals surface area contributed by atoms with Crippen molar-refractivity contribution in [3.63, 3.8) is 0 Å². The maximum Gasteiger partial charge on any atom is 0.379 e. The number of aryl methyl sites for hydroxylation is 3. The highest BCUT2D eigenvalue weighted by molar-refractivity contribution is 5.97. The van der Waals surface area contributed by atoms with Crippen LogP contribution < -0.4 is 19.9 Å². The Morgan fingerprint density at radius 3 is 2.51 bits per heavy atom. The van der Waals surface area contributed by atoms with Gasteiger partial charge in [0.15, 0.2) is 0 Å². The molecule has 0 radical (unpaired) electrons. The lowest BCUT2D eigenvalue weighted by molar-refractivity contribution is 0.0702. The molecule has 0 fully saturated rings. The highest BCUT2D eigenvalue weighted by Crippen LogP contribution is 2.44. The fourth-order valence-corrected chi connectivity index (χ4v) is 5.31. The second-order valence-corrected chi connectivity index (χ2v) is 10.6. The number of hydrogen-bond donors (Lipinski definition) is 1. The molecule has 214 valence electrons. The lowest BCUT2D eigenvalue weighted by Crippen LogP contribution is -2.21. The number of nitrogens with zero attached hydrogens (tertiary/aromatic N) is 1. The molecule has 1 unspecified atom stereocenters. The lowest BCUT2D eigenvalue weighted by atomic mass is 9.83. The van der Waals surface area contributed by atoms with Gasteiger partial charge in [0.2, 0.25) is 11.6 Å². The van der Waals surface area contributed by atoms with Crippen LogP contribution in [0.1, 0.15) is 56.8 Å². The first-order valence-electron chi connectivity index (χ1n) is 14.1.